The molecule has 0 amide bonds. The highest BCUT2D eigenvalue weighted by atomic mass is 32.2. The van der Waals surface area contributed by atoms with Crippen LogP contribution in [-0.2, 0) is 0 Å². The number of fused-ring (bicyclic) bond motifs is 2. The molecule has 2 heterocycles. The van der Waals surface area contributed by atoms with Crippen molar-refractivity contribution >= 4 is 29.4 Å². The van der Waals surface area contributed by atoms with Crippen molar-refractivity contribution in [3.05, 3.63) is 40.2 Å². The van der Waals surface area contributed by atoms with Gasteiger partial charge in [0.1, 0.15) is 11.4 Å². The molecule has 3 rings (SSSR count). The van der Waals surface area contributed by atoms with E-state index in [2.05, 4.69) is 15.0 Å². The summed E-state index contributed by atoms with van der Waals surface area (Å²) in [7, 11) is 1.51. The fourth-order valence-corrected chi connectivity index (χ4v) is 2.67. The first-order valence-corrected chi connectivity index (χ1v) is 6.40. The van der Waals surface area contributed by atoms with Gasteiger partial charge >= 0.3 is 0 Å². The van der Waals surface area contributed by atoms with E-state index in [1.54, 1.807) is 12.3 Å². The normalized spacial score (nSPS) is 12.2. The van der Waals surface area contributed by atoms with Crippen LogP contribution in [0.1, 0.15) is 5.56 Å². The third-order valence-corrected chi connectivity index (χ3v) is 3.78. The molecule has 0 bridgehead atoms. The number of ether oxygens (including phenoxy) is 1. The van der Waals surface area contributed by atoms with E-state index in [9.17, 15) is 10.1 Å². The van der Waals surface area contributed by atoms with E-state index in [0.29, 0.717) is 22.2 Å². The fraction of sp³-hybridized carbons (Fsp3) is 0.0833. The van der Waals surface area contributed by atoms with Gasteiger partial charge in [-0.1, -0.05) is 11.8 Å². The van der Waals surface area contributed by atoms with Crippen LogP contribution in [0.25, 0.3) is 0 Å². The smallest absolute Gasteiger partial charge is 0.270 e. The second kappa shape index (κ2) is 4.89. The van der Waals surface area contributed by atoms with E-state index in [0.717, 1.165) is 4.90 Å². The summed E-state index contributed by atoms with van der Waals surface area (Å²) < 4.78 is 5.14. The van der Waals surface area contributed by atoms with Gasteiger partial charge in [-0.3, -0.25) is 10.1 Å². The van der Waals surface area contributed by atoms with Gasteiger partial charge in [-0.2, -0.15) is 4.98 Å². The van der Waals surface area contributed by atoms with Crippen LogP contribution in [0, 0.1) is 10.1 Å². The first-order chi connectivity index (χ1) is 9.69. The van der Waals surface area contributed by atoms with E-state index in [-0.39, 0.29) is 5.69 Å². The first kappa shape index (κ1) is 12.5. The lowest BCUT2D eigenvalue weighted by molar-refractivity contribution is -0.384. The summed E-state index contributed by atoms with van der Waals surface area (Å²) in [4.78, 5) is 23.7. The molecule has 0 saturated heterocycles. The summed E-state index contributed by atoms with van der Waals surface area (Å²) in [6.45, 7) is 0. The van der Waals surface area contributed by atoms with Gasteiger partial charge in [0.05, 0.1) is 12.0 Å². The third kappa shape index (κ3) is 2.10. The van der Waals surface area contributed by atoms with Crippen LogP contribution in [0.4, 0.5) is 11.4 Å². The van der Waals surface area contributed by atoms with Crippen LogP contribution >= 0.6 is 11.8 Å². The number of nitro benzene ring substituents is 1. The summed E-state index contributed by atoms with van der Waals surface area (Å²) >= 11 is 1.37. The van der Waals surface area contributed by atoms with Gasteiger partial charge in [0.15, 0.2) is 5.69 Å². The zero-order chi connectivity index (χ0) is 14.1. The standard InChI is InChI=1S/C12H8N4O3S/c1-19-11-10-12(15-6-14-11)20-9-3-2-8(16(17)18)4-7(9)5-13-10/h2-6H,1H3. The summed E-state index contributed by atoms with van der Waals surface area (Å²) in [5.74, 6) is 0.376. The molecule has 1 aromatic heterocycles. The van der Waals surface area contributed by atoms with E-state index in [1.165, 1.54) is 37.3 Å². The molecular formula is C12H8N4O3S. The number of non-ortho nitro benzene ring substituents is 1. The predicted molar refractivity (Wildman–Crippen MR) is 73.1 cm³/mol. The van der Waals surface area contributed by atoms with Crippen molar-refractivity contribution in [2.75, 3.05) is 7.11 Å². The van der Waals surface area contributed by atoms with Crippen LogP contribution in [0.2, 0.25) is 0 Å². The highest BCUT2D eigenvalue weighted by Gasteiger charge is 2.18. The zero-order valence-electron chi connectivity index (χ0n) is 10.3. The number of benzene rings is 1. The van der Waals surface area contributed by atoms with Gasteiger partial charge in [0, 0.05) is 28.8 Å². The number of methoxy groups -OCH3 is 1. The number of hydrogen-bond acceptors (Lipinski definition) is 7. The van der Waals surface area contributed by atoms with Crippen molar-refractivity contribution in [1.82, 2.24) is 9.97 Å². The Hall–Kier alpha value is -2.48. The molecule has 0 aliphatic carbocycles. The van der Waals surface area contributed by atoms with Crippen molar-refractivity contribution in [2.45, 2.75) is 9.92 Å². The molecule has 0 unspecified atom stereocenters. The quantitative estimate of drug-likeness (QED) is 0.409. The van der Waals surface area contributed by atoms with Crippen LogP contribution in [0.15, 0.2) is 39.4 Å². The minimum Gasteiger partial charge on any atom is -0.479 e. The van der Waals surface area contributed by atoms with Gasteiger partial charge < -0.3 is 4.74 Å². The maximum atomic E-state index is 10.8. The van der Waals surface area contributed by atoms with Crippen molar-refractivity contribution in [3.8, 4) is 5.88 Å². The lowest BCUT2D eigenvalue weighted by atomic mass is 10.2. The molecular weight excluding hydrogens is 280 g/mol. The molecule has 0 N–H and O–H groups in total. The number of rotatable bonds is 2. The van der Waals surface area contributed by atoms with Gasteiger partial charge in [0.25, 0.3) is 5.69 Å². The summed E-state index contributed by atoms with van der Waals surface area (Å²) in [6.07, 6.45) is 2.96. The zero-order valence-corrected chi connectivity index (χ0v) is 11.1. The largest absolute Gasteiger partial charge is 0.479 e. The van der Waals surface area contributed by atoms with E-state index >= 15 is 0 Å². The van der Waals surface area contributed by atoms with Crippen LogP contribution in [-0.4, -0.2) is 28.2 Å². The average molecular weight is 288 g/mol. The molecule has 1 aromatic carbocycles. The number of aromatic nitrogens is 2. The summed E-state index contributed by atoms with van der Waals surface area (Å²) in [6, 6.07) is 4.63. The van der Waals surface area contributed by atoms with Crippen molar-refractivity contribution in [3.63, 3.8) is 0 Å². The van der Waals surface area contributed by atoms with Gasteiger partial charge in [0.2, 0.25) is 5.88 Å². The van der Waals surface area contributed by atoms with Crippen LogP contribution < -0.4 is 4.74 Å². The molecule has 2 aromatic rings. The van der Waals surface area contributed by atoms with Crippen molar-refractivity contribution < 1.29 is 9.66 Å². The molecule has 0 saturated carbocycles. The first-order valence-electron chi connectivity index (χ1n) is 5.58. The lowest BCUT2D eigenvalue weighted by Gasteiger charge is -2.05. The van der Waals surface area contributed by atoms with E-state index in [4.69, 9.17) is 4.74 Å². The minimum absolute atomic E-state index is 0.0276. The average Bonchev–Trinajstić information content (AvgIpc) is 2.64. The van der Waals surface area contributed by atoms with Crippen LogP contribution in [0.3, 0.4) is 0 Å². The van der Waals surface area contributed by atoms with Gasteiger partial charge in [-0.25, -0.2) is 9.98 Å². The fourth-order valence-electron chi connectivity index (χ4n) is 1.76. The van der Waals surface area contributed by atoms with Gasteiger partial charge in [-0.15, -0.1) is 0 Å². The second-order valence-electron chi connectivity index (χ2n) is 3.88. The molecule has 100 valence electrons. The minimum atomic E-state index is -0.433. The van der Waals surface area contributed by atoms with Gasteiger partial charge in [-0.05, 0) is 6.07 Å². The Morgan fingerprint density at radius 3 is 2.95 bits per heavy atom. The topological polar surface area (TPSA) is 90.5 Å². The maximum absolute atomic E-state index is 10.8. The monoisotopic (exact) mass is 288 g/mol. The molecule has 1 aliphatic rings. The molecule has 0 atom stereocenters. The number of nitrogens with zero attached hydrogens (tertiary/aromatic N) is 4. The Labute approximate surface area is 117 Å². The lowest BCUT2D eigenvalue weighted by Crippen LogP contribution is -1.91. The molecule has 1 aliphatic heterocycles. The Balaban J connectivity index is 2.12. The highest BCUT2D eigenvalue weighted by molar-refractivity contribution is 7.99. The van der Waals surface area contributed by atoms with Crippen LogP contribution in [0.5, 0.6) is 5.88 Å². The molecule has 0 spiro atoms. The summed E-state index contributed by atoms with van der Waals surface area (Å²) in [5, 5.41) is 11.5. The number of aliphatic imine (C=N–C) groups is 1. The van der Waals surface area contributed by atoms with E-state index in [1.807, 2.05) is 0 Å². The predicted octanol–water partition coefficient (Wildman–Crippen LogP) is 2.61. The summed E-state index contributed by atoms with van der Waals surface area (Å²) in [5.41, 5.74) is 1.22. The molecule has 20 heavy (non-hydrogen) atoms. The molecule has 8 heteroatoms. The van der Waals surface area contributed by atoms with E-state index < -0.39 is 4.92 Å². The van der Waals surface area contributed by atoms with Crippen molar-refractivity contribution in [2.24, 2.45) is 4.99 Å². The number of hydrogen-bond donors (Lipinski definition) is 0. The Bertz CT molecular complexity index is 733. The Morgan fingerprint density at radius 2 is 2.20 bits per heavy atom. The highest BCUT2D eigenvalue weighted by Crippen LogP contribution is 2.41. The number of nitro groups is 1. The maximum Gasteiger partial charge on any atom is 0.270 e. The molecule has 7 nitrogen and oxygen atoms in total. The second-order valence-corrected chi connectivity index (χ2v) is 4.91. The van der Waals surface area contributed by atoms with Crippen molar-refractivity contribution in [1.29, 1.82) is 0 Å². The molecule has 0 radical (unpaired) electrons. The third-order valence-electron chi connectivity index (χ3n) is 2.69. The Morgan fingerprint density at radius 1 is 1.35 bits per heavy atom. The Kier molecular flexibility index (Phi) is 3.07. The molecule has 0 fully saturated rings. The SMILES string of the molecule is COc1ncnc2c1N=Cc1cc([N+](=O)[O-])ccc1S2.